The highest BCUT2D eigenvalue weighted by molar-refractivity contribution is 7.98. The van der Waals surface area contributed by atoms with Crippen molar-refractivity contribution >= 4 is 54.4 Å². The number of amides is 1. The summed E-state index contributed by atoms with van der Waals surface area (Å²) in [7, 11) is -3.55. The topological polar surface area (TPSA) is 70.6 Å². The second-order valence-corrected chi connectivity index (χ2v) is 12.5. The minimum absolute atomic E-state index is 0.218. The van der Waals surface area contributed by atoms with Gasteiger partial charge in [0.2, 0.25) is 10.0 Å². The van der Waals surface area contributed by atoms with Gasteiger partial charge >= 0.3 is 0 Å². The first-order chi connectivity index (χ1) is 17.5. The number of fused-ring (bicyclic) bond motifs is 1. The van der Waals surface area contributed by atoms with E-state index >= 15 is 0 Å². The van der Waals surface area contributed by atoms with Crippen LogP contribution >= 0.6 is 23.1 Å². The molecule has 3 aromatic carbocycles. The third-order valence-corrected chi connectivity index (χ3v) is 9.98. The Morgan fingerprint density at radius 2 is 1.72 bits per heavy atom. The van der Waals surface area contributed by atoms with Crippen molar-refractivity contribution in [1.29, 1.82) is 0 Å². The Kier molecular flexibility index (Phi) is 7.43. The molecular weight excluding hydrogens is 511 g/mol. The van der Waals surface area contributed by atoms with Crippen LogP contribution in [0.1, 0.15) is 35.2 Å². The van der Waals surface area contributed by atoms with E-state index in [1.54, 1.807) is 45.2 Å². The average Bonchev–Trinajstić information content (AvgIpc) is 3.35. The molecule has 0 saturated carbocycles. The Morgan fingerprint density at radius 1 is 1.00 bits per heavy atom. The summed E-state index contributed by atoms with van der Waals surface area (Å²) in [5, 5.41) is 0.613. The predicted molar refractivity (Wildman–Crippen MR) is 147 cm³/mol. The van der Waals surface area contributed by atoms with Gasteiger partial charge in [-0.3, -0.25) is 9.69 Å². The van der Waals surface area contributed by atoms with Gasteiger partial charge in [0.15, 0.2) is 5.13 Å². The molecule has 5 rings (SSSR count). The van der Waals surface area contributed by atoms with Crippen LogP contribution in [0, 0.1) is 0 Å². The van der Waals surface area contributed by atoms with E-state index in [2.05, 4.69) is 6.07 Å². The Balaban J connectivity index is 1.47. The van der Waals surface area contributed by atoms with Gasteiger partial charge in [-0.2, -0.15) is 4.31 Å². The minimum atomic E-state index is -3.55. The zero-order valence-electron chi connectivity index (χ0n) is 20.0. The summed E-state index contributed by atoms with van der Waals surface area (Å²) >= 11 is 3.15. The maximum Gasteiger partial charge on any atom is 0.260 e. The third kappa shape index (κ3) is 5.20. The van der Waals surface area contributed by atoms with Gasteiger partial charge in [0.25, 0.3) is 5.91 Å². The molecule has 0 atom stereocenters. The highest BCUT2D eigenvalue weighted by Gasteiger charge is 2.27. The fourth-order valence-corrected chi connectivity index (χ4v) is 7.34. The van der Waals surface area contributed by atoms with Crippen LogP contribution in [0.2, 0.25) is 0 Å². The summed E-state index contributed by atoms with van der Waals surface area (Å²) in [4.78, 5) is 21.5. The molecule has 0 bridgehead atoms. The van der Waals surface area contributed by atoms with Crippen molar-refractivity contribution in [2.75, 3.05) is 24.2 Å². The number of aromatic nitrogens is 1. The van der Waals surface area contributed by atoms with E-state index in [4.69, 9.17) is 4.98 Å². The molecule has 36 heavy (non-hydrogen) atoms. The molecule has 1 saturated heterocycles. The molecule has 0 N–H and O–H groups in total. The summed E-state index contributed by atoms with van der Waals surface area (Å²) in [6.07, 6.45) is 4.85. The number of rotatable bonds is 7. The number of nitrogens with zero attached hydrogens (tertiary/aromatic N) is 3. The molecule has 1 aromatic heterocycles. The number of hydrogen-bond acceptors (Lipinski definition) is 6. The molecule has 9 heteroatoms. The van der Waals surface area contributed by atoms with E-state index in [0.29, 0.717) is 30.3 Å². The first-order valence-corrected chi connectivity index (χ1v) is 15.3. The standard InChI is InChI=1S/C27H27N3O3S3/c1-34-22-12-15-24-25(18-22)35-27(28-24)30(19-20-8-4-2-5-9-20)26(31)21-10-13-23(14-11-21)36(32,33)29-16-6-3-7-17-29/h2,4-5,8-15,18H,3,6-7,16-17,19H2,1H3. The number of piperidine rings is 1. The van der Waals surface area contributed by atoms with Crippen molar-refractivity contribution in [3.63, 3.8) is 0 Å². The fraction of sp³-hybridized carbons (Fsp3) is 0.259. The van der Waals surface area contributed by atoms with E-state index in [0.717, 1.165) is 39.9 Å². The van der Waals surface area contributed by atoms with E-state index in [9.17, 15) is 13.2 Å². The number of carbonyl (C=O) groups excluding carboxylic acids is 1. The van der Waals surface area contributed by atoms with Crippen LogP contribution in [0.15, 0.2) is 82.6 Å². The molecule has 2 heterocycles. The lowest BCUT2D eigenvalue weighted by Crippen LogP contribution is -2.35. The molecule has 1 aliphatic rings. The molecule has 186 valence electrons. The van der Waals surface area contributed by atoms with Gasteiger partial charge in [-0.25, -0.2) is 13.4 Å². The van der Waals surface area contributed by atoms with Crippen molar-refractivity contribution < 1.29 is 13.2 Å². The van der Waals surface area contributed by atoms with Gasteiger partial charge in [0.05, 0.1) is 21.7 Å². The van der Waals surface area contributed by atoms with E-state index in [-0.39, 0.29) is 10.8 Å². The first kappa shape index (κ1) is 25.0. The van der Waals surface area contributed by atoms with Crippen LogP contribution in [0.4, 0.5) is 5.13 Å². The van der Waals surface area contributed by atoms with Crippen LogP contribution in [-0.2, 0) is 16.6 Å². The van der Waals surface area contributed by atoms with Gasteiger partial charge < -0.3 is 0 Å². The zero-order valence-corrected chi connectivity index (χ0v) is 22.4. The SMILES string of the molecule is CSc1ccc2nc(N(Cc3ccccc3)C(=O)c3ccc(S(=O)(=O)N4CCCCC4)cc3)sc2c1. The predicted octanol–water partition coefficient (Wildman–Crippen LogP) is 6.04. The summed E-state index contributed by atoms with van der Waals surface area (Å²) < 4.78 is 28.6. The molecule has 1 fully saturated rings. The minimum Gasteiger partial charge on any atom is -0.279 e. The van der Waals surface area contributed by atoms with Crippen LogP contribution in [-0.4, -0.2) is 43.0 Å². The van der Waals surface area contributed by atoms with Gasteiger partial charge in [-0.15, -0.1) is 11.8 Å². The second kappa shape index (κ2) is 10.7. The maximum atomic E-state index is 13.7. The van der Waals surface area contributed by atoms with Crippen LogP contribution in [0.3, 0.4) is 0 Å². The Bertz CT molecular complexity index is 1460. The highest BCUT2D eigenvalue weighted by atomic mass is 32.2. The average molecular weight is 538 g/mol. The monoisotopic (exact) mass is 537 g/mol. The van der Waals surface area contributed by atoms with Crippen molar-refractivity contribution in [2.24, 2.45) is 0 Å². The number of hydrogen-bond donors (Lipinski definition) is 0. The van der Waals surface area contributed by atoms with Crippen molar-refractivity contribution in [3.05, 3.63) is 83.9 Å². The van der Waals surface area contributed by atoms with Gasteiger partial charge in [0, 0.05) is 23.5 Å². The largest absolute Gasteiger partial charge is 0.279 e. The number of benzene rings is 3. The molecule has 4 aromatic rings. The smallest absolute Gasteiger partial charge is 0.260 e. The lowest BCUT2D eigenvalue weighted by Gasteiger charge is -2.26. The van der Waals surface area contributed by atoms with Crippen molar-refractivity contribution in [3.8, 4) is 0 Å². The molecule has 1 aliphatic heterocycles. The summed E-state index contributed by atoms with van der Waals surface area (Å²) in [6.45, 7) is 1.45. The third-order valence-electron chi connectivity index (χ3n) is 6.30. The summed E-state index contributed by atoms with van der Waals surface area (Å²) in [6, 6.07) is 22.2. The number of anilines is 1. The number of sulfonamides is 1. The van der Waals surface area contributed by atoms with Crippen LogP contribution < -0.4 is 4.90 Å². The number of carbonyl (C=O) groups is 1. The molecule has 0 unspecified atom stereocenters. The summed E-state index contributed by atoms with van der Waals surface area (Å²) in [5.74, 6) is -0.218. The Hall–Kier alpha value is -2.72. The molecule has 0 aliphatic carbocycles. The molecule has 0 spiro atoms. The molecular formula is C27H27N3O3S3. The Morgan fingerprint density at radius 3 is 2.42 bits per heavy atom. The second-order valence-electron chi connectivity index (χ2n) is 8.70. The van der Waals surface area contributed by atoms with Crippen LogP contribution in [0.5, 0.6) is 0 Å². The van der Waals surface area contributed by atoms with Gasteiger partial charge in [0.1, 0.15) is 0 Å². The van der Waals surface area contributed by atoms with Crippen LogP contribution in [0.25, 0.3) is 10.2 Å². The van der Waals surface area contributed by atoms with Crippen molar-refractivity contribution in [2.45, 2.75) is 35.6 Å². The van der Waals surface area contributed by atoms with Gasteiger partial charge in [-0.05, 0) is 67.1 Å². The Labute approximate surface area is 220 Å². The zero-order chi connectivity index (χ0) is 25.1. The fourth-order valence-electron chi connectivity index (χ4n) is 4.31. The normalized spacial score (nSPS) is 14.7. The highest BCUT2D eigenvalue weighted by Crippen LogP contribution is 2.33. The molecule has 1 amide bonds. The number of thiazole rings is 1. The summed E-state index contributed by atoms with van der Waals surface area (Å²) in [5.41, 5.74) is 2.26. The van der Waals surface area contributed by atoms with E-state index < -0.39 is 10.0 Å². The van der Waals surface area contributed by atoms with Crippen molar-refractivity contribution in [1.82, 2.24) is 9.29 Å². The van der Waals surface area contributed by atoms with E-state index in [1.807, 2.05) is 48.7 Å². The number of thioether (sulfide) groups is 1. The molecule has 0 radical (unpaired) electrons. The lowest BCUT2D eigenvalue weighted by atomic mass is 10.1. The van der Waals surface area contributed by atoms with E-state index in [1.165, 1.54) is 11.3 Å². The quantitative estimate of drug-likeness (QED) is 0.269. The molecule has 6 nitrogen and oxygen atoms in total. The maximum absolute atomic E-state index is 13.7. The van der Waals surface area contributed by atoms with Gasteiger partial charge in [-0.1, -0.05) is 48.1 Å². The lowest BCUT2D eigenvalue weighted by molar-refractivity contribution is 0.0985. The first-order valence-electron chi connectivity index (χ1n) is 11.9.